The third-order valence-electron chi connectivity index (χ3n) is 1.75. The fourth-order valence-corrected chi connectivity index (χ4v) is 0.994. The molecule has 0 radical (unpaired) electrons. The van der Waals surface area contributed by atoms with E-state index in [-0.39, 0.29) is 46.2 Å². The minimum atomic E-state index is -1.38. The number of carbonyl (C=O) groups is 2. The van der Waals surface area contributed by atoms with Gasteiger partial charge in [0.2, 0.25) is 0 Å². The summed E-state index contributed by atoms with van der Waals surface area (Å²) in [7, 11) is 0. The topological polar surface area (TPSA) is 138 Å². The van der Waals surface area contributed by atoms with Gasteiger partial charge in [0.25, 0.3) is 0 Å². The number of rotatable bonds is 2. The van der Waals surface area contributed by atoms with Crippen molar-refractivity contribution in [3.63, 3.8) is 0 Å². The maximum atomic E-state index is 10.4. The zero-order valence-corrected chi connectivity index (χ0v) is 12.2. The van der Waals surface area contributed by atoms with Crippen molar-refractivity contribution >= 4 is 11.9 Å². The number of hydrogen-bond donors (Lipinski definition) is 2. The van der Waals surface area contributed by atoms with Crippen molar-refractivity contribution in [1.29, 1.82) is 0 Å². The van der Waals surface area contributed by atoms with Gasteiger partial charge in [-0.15, -0.1) is 0 Å². The third-order valence-corrected chi connectivity index (χ3v) is 1.75. The van der Waals surface area contributed by atoms with E-state index in [9.17, 15) is 14.7 Å². The van der Waals surface area contributed by atoms with Crippen molar-refractivity contribution in [2.24, 2.45) is 0 Å². The van der Waals surface area contributed by atoms with Gasteiger partial charge < -0.3 is 25.5 Å². The fraction of sp³-hybridized carbons (Fsp3) is 0. The number of carbonyl (C=O) groups excluding carboxylic acids is 1. The molecule has 7 nitrogen and oxygen atoms in total. The van der Waals surface area contributed by atoms with E-state index in [1.807, 2.05) is 0 Å². The summed E-state index contributed by atoms with van der Waals surface area (Å²) in [6, 6.07) is 5.00. The van der Waals surface area contributed by atoms with Crippen LogP contribution in [0, 0.1) is 0 Å². The number of aromatic amines is 1. The molecular weight excluding hydrogens is 263 g/mol. The van der Waals surface area contributed by atoms with E-state index >= 15 is 0 Å². The number of carboxylic acids is 2. The van der Waals surface area contributed by atoms with Gasteiger partial charge in [-0.2, -0.15) is 0 Å². The maximum Gasteiger partial charge on any atom is 1.00 e. The maximum absolute atomic E-state index is 10.4. The molecule has 0 fully saturated rings. The largest absolute Gasteiger partial charge is 1.00 e. The van der Waals surface area contributed by atoms with Crippen molar-refractivity contribution in [3.8, 4) is 0 Å². The third kappa shape index (κ3) is 7.37. The zero-order valence-electron chi connectivity index (χ0n) is 10.2. The van der Waals surface area contributed by atoms with E-state index in [4.69, 9.17) is 5.11 Å². The molecule has 19 heavy (non-hydrogen) atoms. The van der Waals surface area contributed by atoms with Gasteiger partial charge in [-0.05, 0) is 17.7 Å². The molecule has 0 saturated carbocycles. The van der Waals surface area contributed by atoms with Crippen LogP contribution in [-0.4, -0.2) is 32.5 Å². The number of nitrogens with zero attached hydrogens (tertiary/aromatic N) is 1. The van der Waals surface area contributed by atoms with Crippen LogP contribution in [0.4, 0.5) is 0 Å². The first-order chi connectivity index (χ1) is 8.11. The predicted octanol–water partition coefficient (Wildman–Crippen LogP) is -3.66. The quantitative estimate of drug-likeness (QED) is 0.543. The van der Waals surface area contributed by atoms with Crippen LogP contribution in [0.5, 0.6) is 0 Å². The van der Waals surface area contributed by atoms with Crippen LogP contribution in [0.25, 0.3) is 0 Å². The molecule has 1 heterocycles. The van der Waals surface area contributed by atoms with Gasteiger partial charge in [0, 0.05) is 12.4 Å². The normalized spacial score (nSPS) is 8.00. The van der Waals surface area contributed by atoms with E-state index in [0.717, 1.165) is 6.07 Å². The number of nitrogens with one attached hydrogen (secondary N) is 1. The number of benzene rings is 1. The van der Waals surface area contributed by atoms with Gasteiger partial charge in [0.05, 0.1) is 17.9 Å². The van der Waals surface area contributed by atoms with Crippen LogP contribution in [0.2, 0.25) is 0 Å². The Hall–Kier alpha value is -1.67. The number of imidazole rings is 1. The number of hydrogen-bond acceptors (Lipinski definition) is 4. The number of aromatic carboxylic acids is 2. The molecule has 8 heteroatoms. The van der Waals surface area contributed by atoms with Crippen LogP contribution in [-0.2, 0) is 0 Å². The molecular formula is C11H11N2NaO5. The molecule has 0 unspecified atom stereocenters. The minimum Gasteiger partial charge on any atom is -0.545 e. The van der Waals surface area contributed by atoms with Gasteiger partial charge in [0.15, 0.2) is 0 Å². The number of carboxylic acid groups (broad SMARTS) is 2. The van der Waals surface area contributed by atoms with Crippen molar-refractivity contribution < 1.29 is 54.8 Å². The van der Waals surface area contributed by atoms with Crippen molar-refractivity contribution in [3.05, 3.63) is 54.1 Å². The molecule has 2 rings (SSSR count). The molecule has 0 saturated heterocycles. The van der Waals surface area contributed by atoms with Crippen LogP contribution in [0.15, 0.2) is 43.0 Å². The Labute approximate surface area is 130 Å². The smallest absolute Gasteiger partial charge is 0.545 e. The number of H-pyrrole nitrogens is 1. The molecule has 0 atom stereocenters. The van der Waals surface area contributed by atoms with E-state index < -0.39 is 11.9 Å². The molecule has 4 N–H and O–H groups in total. The zero-order chi connectivity index (χ0) is 12.7. The van der Waals surface area contributed by atoms with Crippen molar-refractivity contribution in [2.75, 3.05) is 0 Å². The molecule has 0 bridgehead atoms. The first-order valence-corrected chi connectivity index (χ1v) is 4.58. The van der Waals surface area contributed by atoms with Crippen LogP contribution in [0.1, 0.15) is 20.7 Å². The van der Waals surface area contributed by atoms with Crippen LogP contribution >= 0.6 is 0 Å². The molecule has 0 aliphatic heterocycles. The fourth-order valence-electron chi connectivity index (χ4n) is 0.994. The summed E-state index contributed by atoms with van der Waals surface area (Å²) in [5.41, 5.74) is -0.188. The standard InChI is InChI=1S/C8H6O4.C3H4N2.Na.H2O/c9-7(10)5-2-1-3-6(4-5)8(11)12;1-2-5-3-4-1;;/h1-4H,(H,9,10)(H,11,12);1-3H,(H,4,5);;1H2/q;;+1;/p-1. The summed E-state index contributed by atoms with van der Waals surface area (Å²) in [5.74, 6) is -2.53. The summed E-state index contributed by atoms with van der Waals surface area (Å²) in [4.78, 5) is 27.1. The summed E-state index contributed by atoms with van der Waals surface area (Å²) in [6.07, 6.45) is 5.08. The summed E-state index contributed by atoms with van der Waals surface area (Å²) in [5, 5.41) is 18.7. The minimum absolute atomic E-state index is 0. The molecule has 0 spiro atoms. The molecule has 1 aromatic heterocycles. The second kappa shape index (κ2) is 10.3. The van der Waals surface area contributed by atoms with E-state index in [0.29, 0.717) is 0 Å². The average molecular weight is 274 g/mol. The Balaban J connectivity index is 0. The van der Waals surface area contributed by atoms with Gasteiger partial charge in [-0.1, -0.05) is 12.1 Å². The van der Waals surface area contributed by atoms with Gasteiger partial charge in [-0.25, -0.2) is 9.78 Å². The molecule has 0 aliphatic carbocycles. The SMILES string of the molecule is O.O=C([O-])c1cccc(C(=O)O)c1.[Na+].c1c[nH]cn1. The molecule has 0 aliphatic rings. The second-order valence-corrected chi connectivity index (χ2v) is 2.93. The first kappa shape index (κ1) is 19.7. The summed E-state index contributed by atoms with van der Waals surface area (Å²) in [6.45, 7) is 0. The van der Waals surface area contributed by atoms with Gasteiger partial charge in [-0.3, -0.25) is 0 Å². The van der Waals surface area contributed by atoms with Gasteiger partial charge in [0.1, 0.15) is 0 Å². The Bertz CT molecular complexity index is 455. The molecule has 1 aromatic carbocycles. The van der Waals surface area contributed by atoms with Gasteiger partial charge >= 0.3 is 35.5 Å². The van der Waals surface area contributed by atoms with E-state index in [2.05, 4.69) is 9.97 Å². The van der Waals surface area contributed by atoms with E-state index in [1.165, 1.54) is 18.2 Å². The first-order valence-electron chi connectivity index (χ1n) is 4.58. The Kier molecular flexibility index (Phi) is 10.6. The van der Waals surface area contributed by atoms with Crippen LogP contribution in [0.3, 0.4) is 0 Å². The monoisotopic (exact) mass is 274 g/mol. The van der Waals surface area contributed by atoms with E-state index in [1.54, 1.807) is 18.7 Å². The molecule has 96 valence electrons. The number of aromatic nitrogens is 2. The second-order valence-electron chi connectivity index (χ2n) is 2.93. The predicted molar refractivity (Wildman–Crippen MR) is 59.9 cm³/mol. The average Bonchev–Trinajstić information content (AvgIpc) is 2.87. The van der Waals surface area contributed by atoms with Crippen LogP contribution < -0.4 is 34.7 Å². The molecule has 2 aromatic rings. The van der Waals surface area contributed by atoms with Crippen molar-refractivity contribution in [1.82, 2.24) is 9.97 Å². The van der Waals surface area contributed by atoms with Crippen molar-refractivity contribution in [2.45, 2.75) is 0 Å². The Morgan fingerprint density at radius 3 is 2.26 bits per heavy atom. The Morgan fingerprint density at radius 2 is 1.89 bits per heavy atom. The Morgan fingerprint density at radius 1 is 1.26 bits per heavy atom. The summed E-state index contributed by atoms with van der Waals surface area (Å²) < 4.78 is 0. The summed E-state index contributed by atoms with van der Waals surface area (Å²) >= 11 is 0. The molecule has 0 amide bonds.